The second-order valence-corrected chi connectivity index (χ2v) is 4.57. The van der Waals surface area contributed by atoms with Crippen LogP contribution in [-0.4, -0.2) is 37.6 Å². The van der Waals surface area contributed by atoms with Gasteiger partial charge in [-0.3, -0.25) is 4.79 Å². The lowest BCUT2D eigenvalue weighted by molar-refractivity contribution is -0.140. The maximum Gasteiger partial charge on any atom is 0.331 e. The standard InChI is InChI=1S/C16H19NO5/c1-12(18)17-14(10-13-6-4-3-5-7-13)11-22-16(20)9-8-15(19)21-2/h3-9,14H,10-11H2,1-2H3,(H,17,18)/b9-8+/t14-/m0/s1. The number of carbonyl (C=O) groups excluding carboxylic acids is 3. The highest BCUT2D eigenvalue weighted by atomic mass is 16.5. The summed E-state index contributed by atoms with van der Waals surface area (Å²) < 4.78 is 9.39. The minimum absolute atomic E-state index is 0.0127. The molecule has 0 aliphatic heterocycles. The number of rotatable bonds is 7. The second kappa shape index (κ2) is 9.33. The number of methoxy groups -OCH3 is 1. The summed E-state index contributed by atoms with van der Waals surface area (Å²) in [5.41, 5.74) is 1.02. The topological polar surface area (TPSA) is 81.7 Å². The molecule has 6 nitrogen and oxygen atoms in total. The van der Waals surface area contributed by atoms with Crippen molar-refractivity contribution in [3.63, 3.8) is 0 Å². The summed E-state index contributed by atoms with van der Waals surface area (Å²) in [4.78, 5) is 33.6. The fraction of sp³-hybridized carbons (Fsp3) is 0.312. The van der Waals surface area contributed by atoms with Gasteiger partial charge in [-0.05, 0) is 12.0 Å². The molecule has 0 bridgehead atoms. The summed E-state index contributed by atoms with van der Waals surface area (Å²) in [6.45, 7) is 1.41. The van der Waals surface area contributed by atoms with Crippen molar-refractivity contribution in [2.75, 3.05) is 13.7 Å². The van der Waals surface area contributed by atoms with Crippen LogP contribution in [0.4, 0.5) is 0 Å². The molecule has 0 aliphatic carbocycles. The molecule has 0 unspecified atom stereocenters. The molecule has 6 heteroatoms. The maximum atomic E-state index is 11.5. The van der Waals surface area contributed by atoms with Crippen LogP contribution in [0.1, 0.15) is 12.5 Å². The molecule has 1 aromatic rings. The van der Waals surface area contributed by atoms with Gasteiger partial charge in [0.1, 0.15) is 6.61 Å². The zero-order chi connectivity index (χ0) is 16.4. The molecule has 1 N–H and O–H groups in total. The lowest BCUT2D eigenvalue weighted by Crippen LogP contribution is -2.39. The molecule has 0 saturated heterocycles. The molecule has 1 aromatic carbocycles. The van der Waals surface area contributed by atoms with Crippen molar-refractivity contribution in [3.05, 3.63) is 48.0 Å². The van der Waals surface area contributed by atoms with Gasteiger partial charge in [-0.2, -0.15) is 0 Å². The predicted molar refractivity (Wildman–Crippen MR) is 79.9 cm³/mol. The Morgan fingerprint density at radius 3 is 2.36 bits per heavy atom. The van der Waals surface area contributed by atoms with Crippen LogP contribution in [0.5, 0.6) is 0 Å². The minimum atomic E-state index is -0.672. The molecular formula is C16H19NO5. The molecule has 0 spiro atoms. The summed E-state index contributed by atoms with van der Waals surface area (Å²) in [6, 6.07) is 9.20. The van der Waals surface area contributed by atoms with E-state index in [4.69, 9.17) is 4.74 Å². The largest absolute Gasteiger partial charge is 0.466 e. The molecule has 118 valence electrons. The van der Waals surface area contributed by atoms with Crippen molar-refractivity contribution in [3.8, 4) is 0 Å². The van der Waals surface area contributed by atoms with Crippen LogP contribution < -0.4 is 5.32 Å². The van der Waals surface area contributed by atoms with E-state index in [0.717, 1.165) is 17.7 Å². The van der Waals surface area contributed by atoms with E-state index in [1.807, 2.05) is 30.3 Å². The first-order chi connectivity index (χ1) is 10.5. The number of benzene rings is 1. The van der Waals surface area contributed by atoms with E-state index < -0.39 is 11.9 Å². The second-order valence-electron chi connectivity index (χ2n) is 4.57. The van der Waals surface area contributed by atoms with Gasteiger partial charge < -0.3 is 14.8 Å². The van der Waals surface area contributed by atoms with E-state index in [9.17, 15) is 14.4 Å². The first-order valence-electron chi connectivity index (χ1n) is 6.75. The zero-order valence-corrected chi connectivity index (χ0v) is 12.6. The molecular weight excluding hydrogens is 286 g/mol. The van der Waals surface area contributed by atoms with Gasteiger partial charge in [0, 0.05) is 19.1 Å². The number of carbonyl (C=O) groups is 3. The van der Waals surface area contributed by atoms with Gasteiger partial charge in [0.05, 0.1) is 13.2 Å². The van der Waals surface area contributed by atoms with Crippen LogP contribution >= 0.6 is 0 Å². The summed E-state index contributed by atoms with van der Waals surface area (Å²) in [6.07, 6.45) is 2.50. The molecule has 22 heavy (non-hydrogen) atoms. The smallest absolute Gasteiger partial charge is 0.331 e. The van der Waals surface area contributed by atoms with Gasteiger partial charge in [-0.1, -0.05) is 30.3 Å². The van der Waals surface area contributed by atoms with E-state index in [1.165, 1.54) is 14.0 Å². The monoisotopic (exact) mass is 305 g/mol. The normalized spacial score (nSPS) is 11.7. The van der Waals surface area contributed by atoms with Crippen LogP contribution in [0.15, 0.2) is 42.5 Å². The van der Waals surface area contributed by atoms with Crippen LogP contribution in [0.2, 0.25) is 0 Å². The molecule has 0 aromatic heterocycles. The Bertz CT molecular complexity index is 539. The third kappa shape index (κ3) is 7.23. The van der Waals surface area contributed by atoms with Crippen molar-refractivity contribution in [2.45, 2.75) is 19.4 Å². The van der Waals surface area contributed by atoms with Gasteiger partial charge in [-0.25, -0.2) is 9.59 Å². The van der Waals surface area contributed by atoms with E-state index in [-0.39, 0.29) is 18.6 Å². The summed E-state index contributed by atoms with van der Waals surface area (Å²) in [7, 11) is 1.21. The quantitative estimate of drug-likeness (QED) is 0.600. The molecule has 1 atom stereocenters. The molecule has 0 heterocycles. The highest BCUT2D eigenvalue weighted by molar-refractivity contribution is 5.91. The Kier molecular flexibility index (Phi) is 7.39. The molecule has 0 saturated carbocycles. The van der Waals surface area contributed by atoms with E-state index >= 15 is 0 Å². The number of esters is 2. The van der Waals surface area contributed by atoms with E-state index in [0.29, 0.717) is 6.42 Å². The molecule has 0 aliphatic rings. The first-order valence-corrected chi connectivity index (χ1v) is 6.75. The molecule has 1 amide bonds. The summed E-state index contributed by atoms with van der Waals surface area (Å²) in [5.74, 6) is -1.52. The lowest BCUT2D eigenvalue weighted by atomic mass is 10.1. The highest BCUT2D eigenvalue weighted by Gasteiger charge is 2.13. The minimum Gasteiger partial charge on any atom is -0.466 e. The van der Waals surface area contributed by atoms with Crippen LogP contribution in [0.25, 0.3) is 0 Å². The number of hydrogen-bond donors (Lipinski definition) is 1. The van der Waals surface area contributed by atoms with Crippen molar-refractivity contribution in [1.82, 2.24) is 5.32 Å². The van der Waals surface area contributed by atoms with Crippen molar-refractivity contribution < 1.29 is 23.9 Å². The average Bonchev–Trinajstić information content (AvgIpc) is 2.50. The Labute approximate surface area is 129 Å². The van der Waals surface area contributed by atoms with Gasteiger partial charge in [0.25, 0.3) is 0 Å². The highest BCUT2D eigenvalue weighted by Crippen LogP contribution is 2.04. The Morgan fingerprint density at radius 1 is 1.14 bits per heavy atom. The van der Waals surface area contributed by atoms with E-state index in [2.05, 4.69) is 10.1 Å². The van der Waals surface area contributed by atoms with E-state index in [1.54, 1.807) is 0 Å². The van der Waals surface area contributed by atoms with Gasteiger partial charge >= 0.3 is 11.9 Å². The molecule has 0 radical (unpaired) electrons. The third-order valence-corrected chi connectivity index (χ3v) is 2.72. The van der Waals surface area contributed by atoms with Gasteiger partial charge in [0.2, 0.25) is 5.91 Å². The number of ether oxygens (including phenoxy) is 2. The summed E-state index contributed by atoms with van der Waals surface area (Å²) >= 11 is 0. The van der Waals surface area contributed by atoms with Gasteiger partial charge in [0.15, 0.2) is 0 Å². The zero-order valence-electron chi connectivity index (χ0n) is 12.6. The van der Waals surface area contributed by atoms with Crippen LogP contribution in [0.3, 0.4) is 0 Å². The van der Waals surface area contributed by atoms with Crippen molar-refractivity contribution in [1.29, 1.82) is 0 Å². The van der Waals surface area contributed by atoms with Gasteiger partial charge in [-0.15, -0.1) is 0 Å². The first kappa shape index (κ1) is 17.4. The lowest BCUT2D eigenvalue weighted by Gasteiger charge is -2.17. The number of nitrogens with one attached hydrogen (secondary N) is 1. The van der Waals surface area contributed by atoms with Crippen LogP contribution in [-0.2, 0) is 30.3 Å². The average molecular weight is 305 g/mol. The van der Waals surface area contributed by atoms with Crippen molar-refractivity contribution in [2.24, 2.45) is 0 Å². The Morgan fingerprint density at radius 2 is 1.77 bits per heavy atom. The fourth-order valence-corrected chi connectivity index (χ4v) is 1.77. The SMILES string of the molecule is COC(=O)/C=C/C(=O)OC[C@H](Cc1ccccc1)NC(C)=O. The molecule has 1 rings (SSSR count). The number of hydrogen-bond acceptors (Lipinski definition) is 5. The predicted octanol–water partition coefficient (Wildman–Crippen LogP) is 1.01. The fourth-order valence-electron chi connectivity index (χ4n) is 1.77. The Hall–Kier alpha value is -2.63. The maximum absolute atomic E-state index is 11.5. The summed E-state index contributed by atoms with van der Waals surface area (Å²) in [5, 5.41) is 2.73. The molecule has 0 fully saturated rings. The third-order valence-electron chi connectivity index (χ3n) is 2.72. The van der Waals surface area contributed by atoms with Crippen molar-refractivity contribution >= 4 is 17.8 Å². The van der Waals surface area contributed by atoms with Crippen LogP contribution in [0, 0.1) is 0 Å². The Balaban J connectivity index is 2.54. The number of amides is 1.